The number of imide groups is 1. The molecule has 2 amide bonds. The number of amides is 2. The van der Waals surface area contributed by atoms with Crippen molar-refractivity contribution in [3.63, 3.8) is 0 Å². The van der Waals surface area contributed by atoms with Gasteiger partial charge in [0.15, 0.2) is 0 Å². The lowest BCUT2D eigenvalue weighted by molar-refractivity contribution is -0.161. The van der Waals surface area contributed by atoms with Crippen molar-refractivity contribution >= 4 is 23.8 Å². The van der Waals surface area contributed by atoms with Crippen LogP contribution in [0.25, 0.3) is 0 Å². The summed E-state index contributed by atoms with van der Waals surface area (Å²) in [6.07, 6.45) is 0. The van der Waals surface area contributed by atoms with Crippen LogP contribution in [-0.4, -0.2) is 47.9 Å². The van der Waals surface area contributed by atoms with E-state index in [9.17, 15) is 19.2 Å². The molecule has 0 N–H and O–H groups in total. The molecule has 0 radical (unpaired) electrons. The van der Waals surface area contributed by atoms with Crippen LogP contribution in [0.15, 0.2) is 24.3 Å². The minimum Gasteiger partial charge on any atom is -0.464 e. The van der Waals surface area contributed by atoms with E-state index in [1.54, 1.807) is 26.0 Å². The van der Waals surface area contributed by atoms with Gasteiger partial charge < -0.3 is 9.47 Å². The monoisotopic (exact) mass is 307 g/mol. The molecule has 0 saturated heterocycles. The Kier molecular flexibility index (Phi) is 4.55. The molecular formula is C15H15NO6. The van der Waals surface area contributed by atoms with E-state index in [0.29, 0.717) is 4.90 Å². The van der Waals surface area contributed by atoms with Gasteiger partial charge in [-0.25, -0.2) is 14.5 Å². The average Bonchev–Trinajstić information content (AvgIpc) is 2.74. The first-order chi connectivity index (χ1) is 10.5. The molecule has 1 aliphatic rings. The predicted octanol–water partition coefficient (Wildman–Crippen LogP) is 0.777. The van der Waals surface area contributed by atoms with E-state index >= 15 is 0 Å². The van der Waals surface area contributed by atoms with Gasteiger partial charge in [0, 0.05) is 0 Å². The highest BCUT2D eigenvalue weighted by Crippen LogP contribution is 2.25. The molecule has 1 aromatic carbocycles. The van der Waals surface area contributed by atoms with Crippen molar-refractivity contribution in [1.29, 1.82) is 0 Å². The Morgan fingerprint density at radius 2 is 1.36 bits per heavy atom. The van der Waals surface area contributed by atoms with Gasteiger partial charge in [0.2, 0.25) is 6.04 Å². The highest BCUT2D eigenvalue weighted by atomic mass is 16.6. The van der Waals surface area contributed by atoms with Gasteiger partial charge in [-0.05, 0) is 26.0 Å². The first kappa shape index (κ1) is 15.7. The van der Waals surface area contributed by atoms with E-state index in [1.807, 2.05) is 0 Å². The van der Waals surface area contributed by atoms with Crippen molar-refractivity contribution in [2.75, 3.05) is 13.2 Å². The largest absolute Gasteiger partial charge is 0.464 e. The second-order valence-electron chi connectivity index (χ2n) is 4.43. The fraction of sp³-hybridized carbons (Fsp3) is 0.333. The second kappa shape index (κ2) is 6.38. The number of esters is 2. The van der Waals surface area contributed by atoms with E-state index < -0.39 is 29.8 Å². The number of carbonyl (C=O) groups is 4. The maximum atomic E-state index is 12.4. The zero-order chi connectivity index (χ0) is 16.3. The van der Waals surface area contributed by atoms with Gasteiger partial charge in [-0.2, -0.15) is 0 Å². The normalized spacial score (nSPS) is 13.3. The molecule has 0 atom stereocenters. The third-order valence-corrected chi connectivity index (χ3v) is 3.10. The minimum absolute atomic E-state index is 0.0118. The number of fused-ring (bicyclic) bond motifs is 1. The van der Waals surface area contributed by atoms with Crippen LogP contribution in [-0.2, 0) is 19.1 Å². The number of ether oxygens (including phenoxy) is 2. The molecule has 7 heteroatoms. The quantitative estimate of drug-likeness (QED) is 0.262. The van der Waals surface area contributed by atoms with Gasteiger partial charge in [-0.3, -0.25) is 9.59 Å². The number of nitrogens with zero attached hydrogens (tertiary/aromatic N) is 1. The number of rotatable bonds is 5. The highest BCUT2D eigenvalue weighted by molar-refractivity contribution is 6.25. The van der Waals surface area contributed by atoms with Gasteiger partial charge in [0.05, 0.1) is 24.3 Å². The van der Waals surface area contributed by atoms with Gasteiger partial charge in [0.1, 0.15) is 0 Å². The summed E-state index contributed by atoms with van der Waals surface area (Å²) in [5.74, 6) is -3.41. The first-order valence-corrected chi connectivity index (χ1v) is 6.83. The van der Waals surface area contributed by atoms with Crippen LogP contribution >= 0.6 is 0 Å². The molecule has 2 rings (SSSR count). The predicted molar refractivity (Wildman–Crippen MR) is 74.0 cm³/mol. The van der Waals surface area contributed by atoms with Crippen molar-refractivity contribution in [3.8, 4) is 0 Å². The molecule has 0 bridgehead atoms. The lowest BCUT2D eigenvalue weighted by Crippen LogP contribution is -2.51. The van der Waals surface area contributed by atoms with Crippen LogP contribution in [0, 0.1) is 0 Å². The third-order valence-electron chi connectivity index (χ3n) is 3.10. The molecule has 0 fully saturated rings. The summed E-state index contributed by atoms with van der Waals surface area (Å²) >= 11 is 0. The van der Waals surface area contributed by atoms with Crippen LogP contribution in [0.2, 0.25) is 0 Å². The van der Waals surface area contributed by atoms with Crippen LogP contribution in [0.5, 0.6) is 0 Å². The number of benzene rings is 1. The summed E-state index contributed by atoms with van der Waals surface area (Å²) < 4.78 is 9.59. The summed E-state index contributed by atoms with van der Waals surface area (Å²) in [5.41, 5.74) is 0.289. The van der Waals surface area contributed by atoms with Gasteiger partial charge >= 0.3 is 11.9 Å². The molecule has 0 aliphatic carbocycles. The zero-order valence-corrected chi connectivity index (χ0v) is 12.2. The van der Waals surface area contributed by atoms with E-state index in [1.165, 1.54) is 12.1 Å². The van der Waals surface area contributed by atoms with Crippen molar-refractivity contribution < 1.29 is 28.7 Å². The fourth-order valence-electron chi connectivity index (χ4n) is 2.19. The standard InChI is InChI=1S/C15H15NO6/c1-3-21-14(19)11(15(20)22-4-2)16-12(17)9-7-5-6-8-10(9)13(16)18/h5-8,11H,3-4H2,1-2H3/i11+1,16+1. The average molecular weight is 307 g/mol. The minimum atomic E-state index is -1.73. The second-order valence-corrected chi connectivity index (χ2v) is 4.43. The van der Waals surface area contributed by atoms with Crippen molar-refractivity contribution in [1.82, 2.24) is 4.90 Å². The Bertz CT molecular complexity index is 586. The number of hydrogen-bond acceptors (Lipinski definition) is 6. The van der Waals surface area contributed by atoms with Crippen molar-refractivity contribution in [3.05, 3.63) is 35.4 Å². The molecule has 1 aliphatic heterocycles. The molecular weight excluding hydrogens is 292 g/mol. The lowest BCUT2D eigenvalue weighted by Gasteiger charge is -2.22. The smallest absolute Gasteiger partial charge is 0.341 e. The SMILES string of the molecule is CCOC(=O)[13CH](C(=O)OCC)[15N]1C(=O)c2ccccc2C1=O. The van der Waals surface area contributed by atoms with Crippen LogP contribution in [0.1, 0.15) is 34.6 Å². The molecule has 1 heterocycles. The lowest BCUT2D eigenvalue weighted by atomic mass is 10.1. The van der Waals surface area contributed by atoms with Crippen molar-refractivity contribution in [2.24, 2.45) is 0 Å². The summed E-state index contributed by atoms with van der Waals surface area (Å²) in [4.78, 5) is 49.3. The molecule has 116 valence electrons. The molecule has 7 nitrogen and oxygen atoms in total. The van der Waals surface area contributed by atoms with E-state index in [0.717, 1.165) is 0 Å². The Labute approximate surface area is 126 Å². The topological polar surface area (TPSA) is 90.0 Å². The fourth-order valence-corrected chi connectivity index (χ4v) is 2.19. The van der Waals surface area contributed by atoms with E-state index in [4.69, 9.17) is 9.47 Å². The number of hydrogen-bond donors (Lipinski definition) is 0. The van der Waals surface area contributed by atoms with Crippen molar-refractivity contribution in [2.45, 2.75) is 19.9 Å². The van der Waals surface area contributed by atoms with Crippen LogP contribution < -0.4 is 0 Å². The zero-order valence-electron chi connectivity index (χ0n) is 12.2. The maximum Gasteiger partial charge on any atom is 0.341 e. The Morgan fingerprint density at radius 1 is 0.955 bits per heavy atom. The maximum absolute atomic E-state index is 12.4. The number of carbonyl (C=O) groups excluding carboxylic acids is 4. The molecule has 0 unspecified atom stereocenters. The van der Waals surface area contributed by atoms with Crippen LogP contribution in [0.3, 0.4) is 0 Å². The summed E-state index contributed by atoms with van der Waals surface area (Å²) in [6.45, 7) is 3.14. The third kappa shape index (κ3) is 2.57. The van der Waals surface area contributed by atoms with E-state index in [2.05, 4.69) is 0 Å². The molecule has 0 saturated carbocycles. The highest BCUT2D eigenvalue weighted by Gasteiger charge is 2.47. The molecule has 0 aromatic heterocycles. The van der Waals surface area contributed by atoms with E-state index in [-0.39, 0.29) is 24.3 Å². The summed E-state index contributed by atoms with van der Waals surface area (Å²) in [7, 11) is 0. The Hall–Kier alpha value is -2.70. The van der Waals surface area contributed by atoms with Gasteiger partial charge in [-0.15, -0.1) is 0 Å². The Morgan fingerprint density at radius 3 is 1.73 bits per heavy atom. The molecule has 1 aromatic rings. The molecule has 0 spiro atoms. The van der Waals surface area contributed by atoms with Gasteiger partial charge in [0.25, 0.3) is 11.8 Å². The molecule has 22 heavy (non-hydrogen) atoms. The first-order valence-electron chi connectivity index (χ1n) is 6.83. The van der Waals surface area contributed by atoms with Crippen LogP contribution in [0.4, 0.5) is 0 Å². The summed E-state index contributed by atoms with van der Waals surface area (Å²) in [5, 5.41) is 0. The summed E-state index contributed by atoms with van der Waals surface area (Å²) in [6, 6.07) is 4.38. The van der Waals surface area contributed by atoms with Gasteiger partial charge in [-0.1, -0.05) is 12.1 Å². The Balaban J connectivity index is 2.41.